The molecule has 0 aromatic rings. The molecule has 0 radical (unpaired) electrons. The van der Waals surface area contributed by atoms with Crippen LogP contribution in [-0.4, -0.2) is 45.3 Å². The summed E-state index contributed by atoms with van der Waals surface area (Å²) >= 11 is 0. The average molecular weight is 216 g/mol. The van der Waals surface area contributed by atoms with Gasteiger partial charge in [-0.05, 0) is 0 Å². The van der Waals surface area contributed by atoms with E-state index < -0.39 is 5.97 Å². The largest absolute Gasteiger partial charge is 0.466 e. The number of nitrogens with one attached hydrogen (secondary N) is 1. The fourth-order valence-electron chi connectivity index (χ4n) is 0.702. The normalized spacial score (nSPS) is 10.3. The molecule has 0 aromatic heterocycles. The Hall–Kier alpha value is -1.40. The smallest absolute Gasteiger partial charge is 0.330 e. The van der Waals surface area contributed by atoms with E-state index in [2.05, 4.69) is 10.1 Å². The van der Waals surface area contributed by atoms with E-state index in [0.29, 0.717) is 26.3 Å². The van der Waals surface area contributed by atoms with Gasteiger partial charge < -0.3 is 20.5 Å². The lowest BCUT2D eigenvalue weighted by molar-refractivity contribution is -0.135. The summed E-state index contributed by atoms with van der Waals surface area (Å²) in [4.78, 5) is 21.6. The van der Waals surface area contributed by atoms with E-state index in [0.717, 1.165) is 12.2 Å². The van der Waals surface area contributed by atoms with Crippen molar-refractivity contribution >= 4 is 11.9 Å². The molecule has 86 valence electrons. The standard InChI is InChI=1S/C9H16N2O4/c1-14-9(13)3-2-8(12)11-5-7-15-6-4-10/h2-3H,4-7,10H2,1H3,(H,11,12)/b3-2+. The summed E-state index contributed by atoms with van der Waals surface area (Å²) in [6.45, 7) is 1.70. The average Bonchev–Trinajstić information content (AvgIpc) is 2.25. The van der Waals surface area contributed by atoms with Gasteiger partial charge in [0.25, 0.3) is 0 Å². The molecule has 15 heavy (non-hydrogen) atoms. The topological polar surface area (TPSA) is 90.7 Å². The van der Waals surface area contributed by atoms with Crippen LogP contribution in [0, 0.1) is 0 Å². The molecule has 6 heteroatoms. The van der Waals surface area contributed by atoms with Crippen LogP contribution in [0.5, 0.6) is 0 Å². The van der Waals surface area contributed by atoms with Crippen LogP contribution in [0.25, 0.3) is 0 Å². The maximum atomic E-state index is 11.0. The molecule has 0 unspecified atom stereocenters. The second-order valence-electron chi connectivity index (χ2n) is 2.55. The Balaban J connectivity index is 3.49. The molecule has 0 atom stereocenters. The summed E-state index contributed by atoms with van der Waals surface area (Å²) in [6.07, 6.45) is 2.16. The summed E-state index contributed by atoms with van der Waals surface area (Å²) in [5, 5.41) is 2.52. The van der Waals surface area contributed by atoms with E-state index >= 15 is 0 Å². The Morgan fingerprint density at radius 3 is 2.67 bits per heavy atom. The van der Waals surface area contributed by atoms with E-state index in [1.165, 1.54) is 7.11 Å². The fraction of sp³-hybridized carbons (Fsp3) is 0.556. The van der Waals surface area contributed by atoms with Crippen LogP contribution in [-0.2, 0) is 19.1 Å². The molecule has 0 aliphatic heterocycles. The third kappa shape index (κ3) is 8.92. The summed E-state index contributed by atoms with van der Waals surface area (Å²) in [5.41, 5.74) is 5.19. The zero-order chi connectivity index (χ0) is 11.5. The molecule has 0 fully saturated rings. The maximum Gasteiger partial charge on any atom is 0.330 e. The third-order valence-electron chi connectivity index (χ3n) is 1.38. The highest BCUT2D eigenvalue weighted by atomic mass is 16.5. The second kappa shape index (κ2) is 9.17. The Bertz CT molecular complexity index is 228. The van der Waals surface area contributed by atoms with Gasteiger partial charge in [-0.3, -0.25) is 4.79 Å². The second-order valence-corrected chi connectivity index (χ2v) is 2.55. The van der Waals surface area contributed by atoms with Crippen molar-refractivity contribution in [3.05, 3.63) is 12.2 Å². The number of amides is 1. The highest BCUT2D eigenvalue weighted by Gasteiger charge is 1.96. The van der Waals surface area contributed by atoms with Gasteiger partial charge in [0.1, 0.15) is 0 Å². The van der Waals surface area contributed by atoms with Crippen LogP contribution in [0.2, 0.25) is 0 Å². The first-order chi connectivity index (χ1) is 7.20. The summed E-state index contributed by atoms with van der Waals surface area (Å²) in [6, 6.07) is 0. The van der Waals surface area contributed by atoms with Gasteiger partial charge in [0.2, 0.25) is 5.91 Å². The predicted molar refractivity (Wildman–Crippen MR) is 54.0 cm³/mol. The van der Waals surface area contributed by atoms with Crippen LogP contribution in [0.3, 0.4) is 0 Å². The minimum atomic E-state index is -0.565. The molecule has 0 aliphatic carbocycles. The number of carbonyl (C=O) groups is 2. The number of esters is 1. The first kappa shape index (κ1) is 13.6. The van der Waals surface area contributed by atoms with Crippen molar-refractivity contribution in [2.75, 3.05) is 33.4 Å². The minimum absolute atomic E-state index is 0.364. The van der Waals surface area contributed by atoms with E-state index in [-0.39, 0.29) is 5.91 Å². The molecule has 1 amide bonds. The molecule has 0 rings (SSSR count). The molecule has 0 heterocycles. The summed E-state index contributed by atoms with van der Waals surface area (Å²) in [7, 11) is 1.24. The maximum absolute atomic E-state index is 11.0. The van der Waals surface area contributed by atoms with E-state index in [9.17, 15) is 9.59 Å². The number of nitrogens with two attached hydrogens (primary N) is 1. The van der Waals surface area contributed by atoms with Crippen LogP contribution in [0.1, 0.15) is 0 Å². The first-order valence-corrected chi connectivity index (χ1v) is 4.52. The third-order valence-corrected chi connectivity index (χ3v) is 1.38. The fourth-order valence-corrected chi connectivity index (χ4v) is 0.702. The van der Waals surface area contributed by atoms with Gasteiger partial charge in [0.05, 0.1) is 20.3 Å². The molecule has 0 saturated carbocycles. The summed E-state index contributed by atoms with van der Waals surface area (Å²) in [5.74, 6) is -0.929. The SMILES string of the molecule is COC(=O)/C=C/C(=O)NCCOCCN. The Morgan fingerprint density at radius 1 is 1.33 bits per heavy atom. The lowest BCUT2D eigenvalue weighted by Gasteiger charge is -2.02. The van der Waals surface area contributed by atoms with Crippen molar-refractivity contribution in [3.63, 3.8) is 0 Å². The van der Waals surface area contributed by atoms with Gasteiger partial charge in [-0.1, -0.05) is 0 Å². The molecule has 0 spiro atoms. The molecule has 0 bridgehead atoms. The Morgan fingerprint density at radius 2 is 2.07 bits per heavy atom. The van der Waals surface area contributed by atoms with Gasteiger partial charge >= 0.3 is 5.97 Å². The molecular weight excluding hydrogens is 200 g/mol. The molecular formula is C9H16N2O4. The van der Waals surface area contributed by atoms with Gasteiger partial charge in [-0.15, -0.1) is 0 Å². The predicted octanol–water partition coefficient (Wildman–Crippen LogP) is -1.19. The van der Waals surface area contributed by atoms with Gasteiger partial charge in [-0.2, -0.15) is 0 Å². The van der Waals surface area contributed by atoms with E-state index in [1.54, 1.807) is 0 Å². The van der Waals surface area contributed by atoms with Crippen molar-refractivity contribution in [1.82, 2.24) is 5.32 Å². The van der Waals surface area contributed by atoms with Crippen molar-refractivity contribution < 1.29 is 19.1 Å². The number of hydrogen-bond donors (Lipinski definition) is 2. The quantitative estimate of drug-likeness (QED) is 0.317. The number of methoxy groups -OCH3 is 1. The van der Waals surface area contributed by atoms with Gasteiger partial charge in [0.15, 0.2) is 0 Å². The van der Waals surface area contributed by atoms with Crippen LogP contribution in [0.4, 0.5) is 0 Å². The van der Waals surface area contributed by atoms with Crippen molar-refractivity contribution in [2.24, 2.45) is 5.73 Å². The zero-order valence-electron chi connectivity index (χ0n) is 8.69. The monoisotopic (exact) mass is 216 g/mol. The first-order valence-electron chi connectivity index (χ1n) is 4.52. The molecule has 3 N–H and O–H groups in total. The van der Waals surface area contributed by atoms with Crippen LogP contribution in [0.15, 0.2) is 12.2 Å². The van der Waals surface area contributed by atoms with Crippen molar-refractivity contribution in [3.8, 4) is 0 Å². The van der Waals surface area contributed by atoms with Crippen molar-refractivity contribution in [2.45, 2.75) is 0 Å². The zero-order valence-corrected chi connectivity index (χ0v) is 8.69. The molecule has 0 aliphatic rings. The summed E-state index contributed by atoms with van der Waals surface area (Å²) < 4.78 is 9.34. The number of carbonyl (C=O) groups excluding carboxylic acids is 2. The molecule has 0 saturated heterocycles. The Labute approximate surface area is 88.4 Å². The Kier molecular flexibility index (Phi) is 8.31. The molecule has 0 aromatic carbocycles. The molecule has 6 nitrogen and oxygen atoms in total. The highest BCUT2D eigenvalue weighted by Crippen LogP contribution is 1.79. The lowest BCUT2D eigenvalue weighted by atomic mass is 10.4. The lowest BCUT2D eigenvalue weighted by Crippen LogP contribution is -2.26. The van der Waals surface area contributed by atoms with Gasteiger partial charge in [-0.25, -0.2) is 4.79 Å². The van der Waals surface area contributed by atoms with Crippen molar-refractivity contribution in [1.29, 1.82) is 0 Å². The van der Waals surface area contributed by atoms with Crippen LogP contribution >= 0.6 is 0 Å². The number of hydrogen-bond acceptors (Lipinski definition) is 5. The number of ether oxygens (including phenoxy) is 2. The van der Waals surface area contributed by atoms with E-state index in [1.807, 2.05) is 0 Å². The van der Waals surface area contributed by atoms with Gasteiger partial charge in [0, 0.05) is 25.2 Å². The highest BCUT2D eigenvalue weighted by molar-refractivity contribution is 5.94. The minimum Gasteiger partial charge on any atom is -0.466 e. The number of rotatable bonds is 7. The van der Waals surface area contributed by atoms with E-state index in [4.69, 9.17) is 10.5 Å². The van der Waals surface area contributed by atoms with Crippen LogP contribution < -0.4 is 11.1 Å².